The summed E-state index contributed by atoms with van der Waals surface area (Å²) in [6, 6.07) is 6.34. The number of β-amino-alcohol motifs (C(OH)–C–C–N with tert-alkyl or cyclic N) is 1. The van der Waals surface area contributed by atoms with Crippen molar-refractivity contribution in [3.05, 3.63) is 52.2 Å². The molecule has 0 saturated carbocycles. The lowest BCUT2D eigenvalue weighted by Crippen LogP contribution is -2.44. The van der Waals surface area contributed by atoms with Gasteiger partial charge in [-0.1, -0.05) is 12.1 Å². The van der Waals surface area contributed by atoms with Gasteiger partial charge in [-0.3, -0.25) is 9.69 Å². The summed E-state index contributed by atoms with van der Waals surface area (Å²) in [5.41, 5.74) is 2.12. The van der Waals surface area contributed by atoms with E-state index in [-0.39, 0.29) is 11.7 Å². The smallest absolute Gasteiger partial charge is 0.273 e. The number of thiazole rings is 1. The van der Waals surface area contributed by atoms with E-state index in [0.29, 0.717) is 38.3 Å². The topological polar surface area (TPSA) is 56.7 Å². The van der Waals surface area contributed by atoms with E-state index < -0.39 is 5.60 Å². The van der Waals surface area contributed by atoms with Crippen LogP contribution in [0.4, 0.5) is 4.39 Å². The summed E-state index contributed by atoms with van der Waals surface area (Å²) in [5, 5.41) is 12.5. The molecule has 0 radical (unpaired) electrons. The molecular formula is C17H20FN3O2S. The van der Waals surface area contributed by atoms with Crippen molar-refractivity contribution in [1.29, 1.82) is 0 Å². The van der Waals surface area contributed by atoms with Crippen molar-refractivity contribution >= 4 is 17.2 Å². The molecule has 1 aliphatic heterocycles. The number of carbonyl (C=O) groups is 1. The molecule has 1 aromatic heterocycles. The van der Waals surface area contributed by atoms with Crippen LogP contribution in [0.5, 0.6) is 0 Å². The van der Waals surface area contributed by atoms with Gasteiger partial charge in [-0.05, 0) is 31.2 Å². The summed E-state index contributed by atoms with van der Waals surface area (Å²) >= 11 is 1.38. The van der Waals surface area contributed by atoms with Gasteiger partial charge in [0.25, 0.3) is 5.91 Å². The molecule has 0 unspecified atom stereocenters. The van der Waals surface area contributed by atoms with Gasteiger partial charge in [0.15, 0.2) is 0 Å². The molecule has 2 aromatic rings. The highest BCUT2D eigenvalue weighted by Gasteiger charge is 2.39. The number of hydrogen-bond acceptors (Lipinski definition) is 5. The van der Waals surface area contributed by atoms with Crippen LogP contribution in [0.1, 0.15) is 22.5 Å². The van der Waals surface area contributed by atoms with Crippen LogP contribution < -0.4 is 0 Å². The van der Waals surface area contributed by atoms with Crippen LogP contribution in [-0.2, 0) is 6.54 Å². The average molecular weight is 349 g/mol. The molecule has 1 amide bonds. The van der Waals surface area contributed by atoms with E-state index >= 15 is 0 Å². The number of carbonyl (C=O) groups excluding carboxylic acids is 1. The summed E-state index contributed by atoms with van der Waals surface area (Å²) in [6.45, 7) is 1.89. The van der Waals surface area contributed by atoms with Crippen LogP contribution in [-0.4, -0.2) is 58.1 Å². The Labute approximate surface area is 144 Å². The molecule has 1 saturated heterocycles. The third-order valence-corrected chi connectivity index (χ3v) is 4.79. The summed E-state index contributed by atoms with van der Waals surface area (Å²) in [5.74, 6) is -0.389. The number of aliphatic hydroxyl groups is 1. The Hall–Kier alpha value is -1.83. The lowest BCUT2D eigenvalue weighted by molar-refractivity contribution is 0.0163. The van der Waals surface area contributed by atoms with E-state index in [0.717, 1.165) is 5.56 Å². The van der Waals surface area contributed by atoms with Crippen molar-refractivity contribution in [2.75, 3.05) is 26.7 Å². The Morgan fingerprint density at radius 3 is 2.88 bits per heavy atom. The first-order valence-electron chi connectivity index (χ1n) is 7.78. The predicted molar refractivity (Wildman–Crippen MR) is 90.3 cm³/mol. The van der Waals surface area contributed by atoms with Gasteiger partial charge < -0.3 is 10.0 Å². The Kier molecular flexibility index (Phi) is 4.93. The van der Waals surface area contributed by atoms with Crippen molar-refractivity contribution < 1.29 is 14.3 Å². The fraction of sp³-hybridized carbons (Fsp3) is 0.412. The van der Waals surface area contributed by atoms with Crippen molar-refractivity contribution in [2.45, 2.75) is 18.6 Å². The number of hydrogen-bond donors (Lipinski definition) is 1. The van der Waals surface area contributed by atoms with Crippen molar-refractivity contribution in [2.24, 2.45) is 0 Å². The molecular weight excluding hydrogens is 329 g/mol. The van der Waals surface area contributed by atoms with Gasteiger partial charge in [0.05, 0.1) is 17.7 Å². The molecule has 7 heteroatoms. The minimum atomic E-state index is -0.930. The number of nitrogens with zero attached hydrogens (tertiary/aromatic N) is 3. The summed E-state index contributed by atoms with van der Waals surface area (Å²) < 4.78 is 13.0. The van der Waals surface area contributed by atoms with Gasteiger partial charge in [-0.15, -0.1) is 11.3 Å². The Morgan fingerprint density at radius 2 is 2.21 bits per heavy atom. The predicted octanol–water partition coefficient (Wildman–Crippen LogP) is 1.99. The first kappa shape index (κ1) is 17.0. The van der Waals surface area contributed by atoms with E-state index in [9.17, 15) is 14.3 Å². The second-order valence-electron chi connectivity index (χ2n) is 6.37. The maximum Gasteiger partial charge on any atom is 0.273 e. The Morgan fingerprint density at radius 1 is 1.46 bits per heavy atom. The minimum Gasteiger partial charge on any atom is -0.387 e. The fourth-order valence-corrected chi connectivity index (χ4v) is 3.62. The van der Waals surface area contributed by atoms with Crippen LogP contribution in [0.15, 0.2) is 35.2 Å². The van der Waals surface area contributed by atoms with E-state index in [4.69, 9.17) is 0 Å². The van der Waals surface area contributed by atoms with Crippen LogP contribution in [0.3, 0.4) is 0 Å². The van der Waals surface area contributed by atoms with Crippen LogP contribution in [0, 0.1) is 5.82 Å². The van der Waals surface area contributed by atoms with Gasteiger partial charge in [0.1, 0.15) is 11.5 Å². The van der Waals surface area contributed by atoms with Gasteiger partial charge in [-0.25, -0.2) is 9.37 Å². The van der Waals surface area contributed by atoms with Gasteiger partial charge in [0.2, 0.25) is 0 Å². The molecule has 3 rings (SSSR count). The van der Waals surface area contributed by atoms with Crippen LogP contribution in [0.25, 0.3) is 0 Å². The largest absolute Gasteiger partial charge is 0.387 e. The van der Waals surface area contributed by atoms with E-state index in [1.165, 1.54) is 23.5 Å². The standard InChI is InChI=1S/C17H20FN3O2S/c1-20(8-13-2-4-14(18)5-3-13)10-17(23)6-7-21(11-17)16(22)15-9-24-12-19-15/h2-5,9,12,23H,6-8,10-11H2,1H3/t17-/m0/s1. The van der Waals surface area contributed by atoms with E-state index in [1.54, 1.807) is 27.9 Å². The van der Waals surface area contributed by atoms with E-state index in [1.807, 2.05) is 11.9 Å². The third-order valence-electron chi connectivity index (χ3n) is 4.20. The van der Waals surface area contributed by atoms with E-state index in [2.05, 4.69) is 4.98 Å². The normalized spacial score (nSPS) is 20.8. The number of rotatable bonds is 5. The molecule has 1 N–H and O–H groups in total. The van der Waals surface area contributed by atoms with Crippen molar-refractivity contribution in [3.63, 3.8) is 0 Å². The quantitative estimate of drug-likeness (QED) is 0.897. The molecule has 0 spiro atoms. The zero-order valence-corrected chi connectivity index (χ0v) is 14.3. The van der Waals surface area contributed by atoms with Crippen molar-refractivity contribution in [3.8, 4) is 0 Å². The molecule has 1 aliphatic rings. The maximum atomic E-state index is 13.0. The highest BCUT2D eigenvalue weighted by atomic mass is 32.1. The summed E-state index contributed by atoms with van der Waals surface area (Å²) in [7, 11) is 1.91. The Balaban J connectivity index is 1.56. The lowest BCUT2D eigenvalue weighted by Gasteiger charge is -2.29. The minimum absolute atomic E-state index is 0.131. The number of likely N-dealkylation sites (N-methyl/N-ethyl adjacent to an activating group) is 1. The number of benzene rings is 1. The molecule has 0 bridgehead atoms. The number of likely N-dealkylation sites (tertiary alicyclic amines) is 1. The molecule has 0 aliphatic carbocycles. The molecule has 24 heavy (non-hydrogen) atoms. The first-order chi connectivity index (χ1) is 11.5. The number of halogens is 1. The maximum absolute atomic E-state index is 13.0. The summed E-state index contributed by atoms with van der Waals surface area (Å²) in [4.78, 5) is 20.0. The van der Waals surface area contributed by atoms with Crippen LogP contribution >= 0.6 is 11.3 Å². The number of amides is 1. The average Bonchev–Trinajstić information content (AvgIpc) is 3.19. The molecule has 128 valence electrons. The second kappa shape index (κ2) is 6.96. The van der Waals surface area contributed by atoms with Crippen LogP contribution in [0.2, 0.25) is 0 Å². The third kappa shape index (κ3) is 3.98. The van der Waals surface area contributed by atoms with Crippen molar-refractivity contribution in [1.82, 2.24) is 14.8 Å². The van der Waals surface area contributed by atoms with Gasteiger partial charge in [-0.2, -0.15) is 0 Å². The van der Waals surface area contributed by atoms with Gasteiger partial charge >= 0.3 is 0 Å². The zero-order chi connectivity index (χ0) is 17.2. The Bertz CT molecular complexity index is 692. The molecule has 5 nitrogen and oxygen atoms in total. The number of aromatic nitrogens is 1. The van der Waals surface area contributed by atoms with Gasteiger partial charge in [0, 0.05) is 25.0 Å². The zero-order valence-electron chi connectivity index (χ0n) is 13.5. The summed E-state index contributed by atoms with van der Waals surface area (Å²) in [6.07, 6.45) is 0.538. The molecule has 1 aromatic carbocycles. The molecule has 1 fully saturated rings. The molecule has 2 heterocycles. The first-order valence-corrected chi connectivity index (χ1v) is 8.72. The second-order valence-corrected chi connectivity index (χ2v) is 7.09. The highest BCUT2D eigenvalue weighted by Crippen LogP contribution is 2.24. The lowest BCUT2D eigenvalue weighted by atomic mass is 10.0. The highest BCUT2D eigenvalue weighted by molar-refractivity contribution is 7.07. The molecule has 1 atom stereocenters. The SMILES string of the molecule is CN(Cc1ccc(F)cc1)C[C@@]1(O)CCN(C(=O)c2cscn2)C1. The fourth-order valence-electron chi connectivity index (χ4n) is 3.10. The monoisotopic (exact) mass is 349 g/mol.